The monoisotopic (exact) mass is 450 g/mol. The Hall–Kier alpha value is -2.93. The maximum absolute atomic E-state index is 12.3. The summed E-state index contributed by atoms with van der Waals surface area (Å²) in [5.41, 5.74) is 3.30. The summed E-state index contributed by atoms with van der Waals surface area (Å²) in [5.74, 6) is 0.643. The van der Waals surface area contributed by atoms with Gasteiger partial charge in [0.25, 0.3) is 0 Å². The lowest BCUT2D eigenvalue weighted by Gasteiger charge is -2.26. The van der Waals surface area contributed by atoms with E-state index in [-0.39, 0.29) is 13.2 Å². The van der Waals surface area contributed by atoms with Crippen LogP contribution in [0.15, 0.2) is 72.8 Å². The fraction of sp³-hybridized carbons (Fsp3) is 0.333. The van der Waals surface area contributed by atoms with E-state index in [4.69, 9.17) is 4.74 Å². The van der Waals surface area contributed by atoms with Crippen molar-refractivity contribution in [2.45, 2.75) is 25.6 Å². The van der Waals surface area contributed by atoms with Gasteiger partial charge in [-0.15, -0.1) is 0 Å². The molecule has 1 atom stereocenters. The van der Waals surface area contributed by atoms with Crippen molar-refractivity contribution in [3.8, 4) is 5.75 Å². The van der Waals surface area contributed by atoms with Gasteiger partial charge in [-0.2, -0.15) is 0 Å². The molecule has 1 aromatic heterocycles. The Balaban J connectivity index is 1.48. The lowest BCUT2D eigenvalue weighted by Crippen LogP contribution is -2.35. The van der Waals surface area contributed by atoms with Gasteiger partial charge in [0, 0.05) is 48.0 Å². The second-order valence-corrected chi connectivity index (χ2v) is 8.29. The van der Waals surface area contributed by atoms with E-state index in [0.717, 1.165) is 16.6 Å². The molecular formula is C27H31FN2O3. The molecule has 3 aromatic carbocycles. The van der Waals surface area contributed by atoms with Crippen LogP contribution in [0.4, 0.5) is 4.39 Å². The van der Waals surface area contributed by atoms with E-state index in [1.54, 1.807) is 0 Å². The maximum Gasteiger partial charge on any atom is 0.123 e. The number of aromatic nitrogens is 1. The Bertz CT molecular complexity index is 1110. The summed E-state index contributed by atoms with van der Waals surface area (Å²) < 4.78 is 19.8. The third-order valence-electron chi connectivity index (χ3n) is 5.85. The summed E-state index contributed by atoms with van der Waals surface area (Å²) in [7, 11) is 0. The van der Waals surface area contributed by atoms with E-state index >= 15 is 0 Å². The number of benzene rings is 3. The van der Waals surface area contributed by atoms with Crippen molar-refractivity contribution in [3.05, 3.63) is 78.4 Å². The fourth-order valence-corrected chi connectivity index (χ4v) is 4.40. The molecule has 5 nitrogen and oxygen atoms in total. The van der Waals surface area contributed by atoms with Crippen LogP contribution in [0.2, 0.25) is 0 Å². The molecule has 2 N–H and O–H groups in total. The number of ether oxygens (including phenoxy) is 1. The van der Waals surface area contributed by atoms with Crippen LogP contribution >= 0.6 is 0 Å². The number of rotatable bonds is 12. The van der Waals surface area contributed by atoms with Gasteiger partial charge in [0.1, 0.15) is 19.0 Å². The van der Waals surface area contributed by atoms with E-state index in [1.165, 1.54) is 10.8 Å². The molecule has 0 saturated heterocycles. The topological polar surface area (TPSA) is 57.9 Å². The minimum absolute atomic E-state index is 0.0525. The summed E-state index contributed by atoms with van der Waals surface area (Å²) >= 11 is 0. The smallest absolute Gasteiger partial charge is 0.123 e. The van der Waals surface area contributed by atoms with Gasteiger partial charge in [0.05, 0.1) is 12.6 Å². The van der Waals surface area contributed by atoms with Crippen LogP contribution < -0.4 is 4.74 Å². The standard InChI is InChI=1S/C27H31FN2O3/c28-14-17-33-23-12-10-21(11-13-23)18-29(15-5-16-31)19-22(32)20-30-26-8-3-1-6-24(26)25-7-2-4-9-27(25)30/h1-4,6-13,22,31-32H,5,14-20H2/t22-/m1/s1. The van der Waals surface area contributed by atoms with Crippen molar-refractivity contribution in [1.29, 1.82) is 0 Å². The Labute approximate surface area is 193 Å². The second-order valence-electron chi connectivity index (χ2n) is 8.29. The van der Waals surface area contributed by atoms with Gasteiger partial charge in [-0.05, 0) is 36.2 Å². The van der Waals surface area contributed by atoms with Crippen molar-refractivity contribution in [3.63, 3.8) is 0 Å². The molecule has 1 heterocycles. The third kappa shape index (κ3) is 5.71. The van der Waals surface area contributed by atoms with E-state index in [9.17, 15) is 14.6 Å². The third-order valence-corrected chi connectivity index (χ3v) is 5.85. The lowest BCUT2D eigenvalue weighted by molar-refractivity contribution is 0.0921. The highest BCUT2D eigenvalue weighted by molar-refractivity contribution is 6.07. The SMILES string of the molecule is OCCCN(Cc1ccc(OCCF)cc1)C[C@@H](O)Cn1c2ccccc2c2ccccc21. The number of fused-ring (bicyclic) bond motifs is 3. The molecule has 0 aliphatic carbocycles. The minimum atomic E-state index is -0.574. The van der Waals surface area contributed by atoms with Crippen LogP contribution in [0, 0.1) is 0 Å². The van der Waals surface area contributed by atoms with Gasteiger partial charge < -0.3 is 19.5 Å². The first-order valence-electron chi connectivity index (χ1n) is 11.4. The molecule has 0 amide bonds. The predicted molar refractivity (Wildman–Crippen MR) is 130 cm³/mol. The van der Waals surface area contributed by atoms with E-state index < -0.39 is 12.8 Å². The van der Waals surface area contributed by atoms with Crippen molar-refractivity contribution < 1.29 is 19.3 Å². The summed E-state index contributed by atoms with van der Waals surface area (Å²) in [6.45, 7) is 1.95. The first-order valence-corrected chi connectivity index (χ1v) is 11.4. The average Bonchev–Trinajstić information content (AvgIpc) is 3.16. The number of nitrogens with zero attached hydrogens (tertiary/aromatic N) is 2. The molecule has 4 aromatic rings. The van der Waals surface area contributed by atoms with E-state index in [2.05, 4.69) is 33.7 Å². The van der Waals surface area contributed by atoms with Crippen LogP contribution in [0.1, 0.15) is 12.0 Å². The fourth-order valence-electron chi connectivity index (χ4n) is 4.40. The normalized spacial score (nSPS) is 12.6. The first kappa shape index (κ1) is 23.2. The summed E-state index contributed by atoms with van der Waals surface area (Å²) in [5, 5.41) is 22.8. The molecule has 0 radical (unpaired) electrons. The molecule has 33 heavy (non-hydrogen) atoms. The summed E-state index contributed by atoms with van der Waals surface area (Å²) in [4.78, 5) is 2.16. The molecule has 0 unspecified atom stereocenters. The molecule has 174 valence electrons. The quantitative estimate of drug-likeness (QED) is 0.336. The second kappa shape index (κ2) is 11.3. The molecule has 0 bridgehead atoms. The van der Waals surface area contributed by atoms with Crippen molar-refractivity contribution >= 4 is 21.8 Å². The van der Waals surface area contributed by atoms with Gasteiger partial charge in [-0.1, -0.05) is 48.5 Å². The van der Waals surface area contributed by atoms with Crippen LogP contribution in [-0.4, -0.2) is 58.8 Å². The molecular weight excluding hydrogens is 419 g/mol. The zero-order valence-corrected chi connectivity index (χ0v) is 18.7. The van der Waals surface area contributed by atoms with Crippen LogP contribution in [0.3, 0.4) is 0 Å². The van der Waals surface area contributed by atoms with Crippen molar-refractivity contribution in [2.24, 2.45) is 0 Å². The summed E-state index contributed by atoms with van der Waals surface area (Å²) in [6.07, 6.45) is 0.0647. The van der Waals surface area contributed by atoms with E-state index in [1.807, 2.05) is 48.5 Å². The van der Waals surface area contributed by atoms with Crippen LogP contribution in [0.5, 0.6) is 5.75 Å². The number of hydrogen-bond acceptors (Lipinski definition) is 4. The van der Waals surface area contributed by atoms with Crippen LogP contribution in [-0.2, 0) is 13.1 Å². The zero-order chi connectivity index (χ0) is 23.0. The van der Waals surface area contributed by atoms with Crippen LogP contribution in [0.25, 0.3) is 21.8 Å². The van der Waals surface area contributed by atoms with Gasteiger partial charge in [-0.3, -0.25) is 4.90 Å². The Kier molecular flexibility index (Phi) is 7.94. The number of halogens is 1. The Morgan fingerprint density at radius 3 is 2.15 bits per heavy atom. The first-order chi connectivity index (χ1) is 16.2. The summed E-state index contributed by atoms with van der Waals surface area (Å²) in [6, 6.07) is 24.2. The number of hydrogen-bond donors (Lipinski definition) is 2. The predicted octanol–water partition coefficient (Wildman–Crippen LogP) is 4.39. The van der Waals surface area contributed by atoms with Gasteiger partial charge in [-0.25, -0.2) is 4.39 Å². The lowest BCUT2D eigenvalue weighted by atomic mass is 10.2. The molecule has 6 heteroatoms. The van der Waals surface area contributed by atoms with Gasteiger partial charge in [0.2, 0.25) is 0 Å². The Morgan fingerprint density at radius 1 is 0.909 bits per heavy atom. The number of para-hydroxylation sites is 2. The van der Waals surface area contributed by atoms with Crippen molar-refractivity contribution in [2.75, 3.05) is 33.0 Å². The largest absolute Gasteiger partial charge is 0.491 e. The molecule has 0 aliphatic heterocycles. The number of aliphatic hydroxyl groups excluding tert-OH is 2. The highest BCUT2D eigenvalue weighted by atomic mass is 19.1. The molecule has 0 saturated carbocycles. The highest BCUT2D eigenvalue weighted by Gasteiger charge is 2.16. The van der Waals surface area contributed by atoms with Gasteiger partial charge in [0.15, 0.2) is 0 Å². The van der Waals surface area contributed by atoms with Gasteiger partial charge >= 0.3 is 0 Å². The van der Waals surface area contributed by atoms with E-state index in [0.29, 0.717) is 38.3 Å². The molecule has 0 aliphatic rings. The molecule has 0 fully saturated rings. The Morgan fingerprint density at radius 2 is 1.55 bits per heavy atom. The zero-order valence-electron chi connectivity index (χ0n) is 18.7. The minimum Gasteiger partial charge on any atom is -0.491 e. The maximum atomic E-state index is 12.3. The average molecular weight is 451 g/mol. The molecule has 4 rings (SSSR count). The molecule has 0 spiro atoms. The number of alkyl halides is 1. The number of aliphatic hydroxyl groups is 2. The van der Waals surface area contributed by atoms with Crippen molar-refractivity contribution in [1.82, 2.24) is 9.47 Å². The highest BCUT2D eigenvalue weighted by Crippen LogP contribution is 2.29.